The Balaban J connectivity index is 1.86. The Morgan fingerprint density at radius 2 is 1.71 bits per heavy atom. The Kier molecular flexibility index (Phi) is 7.17. The summed E-state index contributed by atoms with van der Waals surface area (Å²) in [4.78, 5) is 12.4. The molecule has 0 aliphatic carbocycles. The quantitative estimate of drug-likeness (QED) is 0.514. The predicted octanol–water partition coefficient (Wildman–Crippen LogP) is 4.55. The second kappa shape index (κ2) is 9.82. The van der Waals surface area contributed by atoms with Crippen molar-refractivity contribution in [2.24, 2.45) is 0 Å². The Hall–Kier alpha value is -3.07. The van der Waals surface area contributed by atoms with E-state index in [2.05, 4.69) is 10.0 Å². The number of anilines is 2. The van der Waals surface area contributed by atoms with Gasteiger partial charge < -0.3 is 14.8 Å². The molecular formula is C22H21ClN2O5S. The summed E-state index contributed by atoms with van der Waals surface area (Å²) in [5.74, 6) is -0.252. The van der Waals surface area contributed by atoms with Gasteiger partial charge in [-0.1, -0.05) is 35.9 Å². The molecule has 0 radical (unpaired) electrons. The van der Waals surface area contributed by atoms with Crippen molar-refractivity contribution in [2.75, 3.05) is 24.3 Å². The lowest BCUT2D eigenvalue weighted by molar-refractivity contribution is 0.102. The van der Waals surface area contributed by atoms with Crippen LogP contribution in [0.1, 0.15) is 15.9 Å². The van der Waals surface area contributed by atoms with E-state index in [1.54, 1.807) is 61.7 Å². The summed E-state index contributed by atoms with van der Waals surface area (Å²) < 4.78 is 38.6. The van der Waals surface area contributed by atoms with Gasteiger partial charge in [-0.25, -0.2) is 8.42 Å². The molecule has 3 aromatic rings. The fourth-order valence-electron chi connectivity index (χ4n) is 2.83. The molecule has 0 atom stereocenters. The van der Waals surface area contributed by atoms with E-state index in [1.165, 1.54) is 19.2 Å². The Bertz CT molecular complexity index is 1180. The maximum Gasteiger partial charge on any atom is 0.265 e. The van der Waals surface area contributed by atoms with Gasteiger partial charge in [0.1, 0.15) is 10.6 Å². The average Bonchev–Trinajstić information content (AvgIpc) is 2.76. The van der Waals surface area contributed by atoms with Crippen molar-refractivity contribution in [2.45, 2.75) is 11.5 Å². The van der Waals surface area contributed by atoms with Gasteiger partial charge in [-0.05, 0) is 48.0 Å². The van der Waals surface area contributed by atoms with Gasteiger partial charge in [0, 0.05) is 18.4 Å². The van der Waals surface area contributed by atoms with Gasteiger partial charge in [0.25, 0.3) is 15.9 Å². The minimum Gasteiger partial charge on any atom is -0.495 e. The van der Waals surface area contributed by atoms with Crippen LogP contribution in [0, 0.1) is 0 Å². The van der Waals surface area contributed by atoms with Gasteiger partial charge in [-0.3, -0.25) is 9.52 Å². The normalized spacial score (nSPS) is 11.1. The first-order valence-corrected chi connectivity index (χ1v) is 11.0. The third kappa shape index (κ3) is 5.55. The summed E-state index contributed by atoms with van der Waals surface area (Å²) >= 11 is 6.07. The minimum atomic E-state index is -4.04. The van der Waals surface area contributed by atoms with Gasteiger partial charge in [0.2, 0.25) is 0 Å². The van der Waals surface area contributed by atoms with E-state index >= 15 is 0 Å². The number of benzene rings is 3. The van der Waals surface area contributed by atoms with Crippen LogP contribution in [0.2, 0.25) is 5.02 Å². The standard InChI is InChI=1S/C22H21ClN2O5S/c1-29-14-15-7-9-16(10-8-15)22(26)24-17-11-12-20(30-2)21(13-17)31(27,28)25-19-6-4-3-5-18(19)23/h3-13,25H,14H2,1-2H3,(H,24,26). The molecule has 0 spiro atoms. The highest BCUT2D eigenvalue weighted by Gasteiger charge is 2.22. The number of ether oxygens (including phenoxy) is 2. The molecule has 162 valence electrons. The molecule has 0 saturated heterocycles. The van der Waals surface area contributed by atoms with E-state index in [1.807, 2.05) is 0 Å². The lowest BCUT2D eigenvalue weighted by atomic mass is 10.1. The topological polar surface area (TPSA) is 93.7 Å². The van der Waals surface area contributed by atoms with Gasteiger partial charge in [-0.2, -0.15) is 0 Å². The molecule has 9 heteroatoms. The van der Waals surface area contributed by atoms with Crippen molar-refractivity contribution in [1.82, 2.24) is 0 Å². The van der Waals surface area contributed by atoms with Crippen molar-refractivity contribution in [1.29, 1.82) is 0 Å². The number of nitrogens with one attached hydrogen (secondary N) is 2. The van der Waals surface area contributed by atoms with E-state index in [4.69, 9.17) is 21.1 Å². The average molecular weight is 461 g/mol. The molecule has 2 N–H and O–H groups in total. The summed E-state index contributed by atoms with van der Waals surface area (Å²) in [6.07, 6.45) is 0. The molecule has 0 aliphatic heterocycles. The third-order valence-corrected chi connectivity index (χ3v) is 6.07. The fraction of sp³-hybridized carbons (Fsp3) is 0.136. The van der Waals surface area contributed by atoms with Crippen molar-refractivity contribution in [3.05, 3.63) is 82.9 Å². The second-order valence-electron chi connectivity index (χ2n) is 6.54. The number of hydrogen-bond donors (Lipinski definition) is 2. The molecule has 0 saturated carbocycles. The van der Waals surface area contributed by atoms with E-state index in [0.717, 1.165) is 5.56 Å². The number of carbonyl (C=O) groups is 1. The first-order valence-electron chi connectivity index (χ1n) is 9.18. The van der Waals surface area contributed by atoms with Crippen molar-refractivity contribution < 1.29 is 22.7 Å². The van der Waals surface area contributed by atoms with Crippen LogP contribution < -0.4 is 14.8 Å². The molecule has 7 nitrogen and oxygen atoms in total. The lowest BCUT2D eigenvalue weighted by Gasteiger charge is -2.14. The first kappa shape index (κ1) is 22.6. The number of methoxy groups -OCH3 is 2. The van der Waals surface area contributed by atoms with Gasteiger partial charge in [-0.15, -0.1) is 0 Å². The van der Waals surface area contributed by atoms with Gasteiger partial charge in [0.05, 0.1) is 24.4 Å². The summed E-state index contributed by atoms with van der Waals surface area (Å²) in [6.45, 7) is 0.444. The highest BCUT2D eigenvalue weighted by molar-refractivity contribution is 7.92. The zero-order chi connectivity index (χ0) is 22.4. The van der Waals surface area contributed by atoms with Crippen LogP contribution in [-0.4, -0.2) is 28.5 Å². The fourth-order valence-corrected chi connectivity index (χ4v) is 4.35. The Labute approximate surface area is 186 Å². The smallest absolute Gasteiger partial charge is 0.265 e. The third-order valence-electron chi connectivity index (χ3n) is 4.36. The van der Waals surface area contributed by atoms with Crippen LogP contribution in [-0.2, 0) is 21.4 Å². The molecule has 3 rings (SSSR count). The molecule has 0 heterocycles. The largest absolute Gasteiger partial charge is 0.495 e. The molecule has 0 aromatic heterocycles. The molecule has 0 bridgehead atoms. The number of rotatable bonds is 8. The summed E-state index contributed by atoms with van der Waals surface area (Å²) in [7, 11) is -1.08. The van der Waals surface area contributed by atoms with E-state index in [0.29, 0.717) is 17.9 Å². The van der Waals surface area contributed by atoms with Crippen LogP contribution >= 0.6 is 11.6 Å². The zero-order valence-electron chi connectivity index (χ0n) is 16.9. The summed E-state index contributed by atoms with van der Waals surface area (Å²) in [5.41, 5.74) is 1.89. The number of amides is 1. The number of para-hydroxylation sites is 1. The van der Waals surface area contributed by atoms with Crippen molar-refractivity contribution in [3.8, 4) is 5.75 Å². The lowest BCUT2D eigenvalue weighted by Crippen LogP contribution is -2.16. The van der Waals surface area contributed by atoms with Crippen LogP contribution in [0.15, 0.2) is 71.6 Å². The number of halogens is 1. The summed E-state index contributed by atoms with van der Waals surface area (Å²) in [6, 6.07) is 17.8. The molecule has 0 unspecified atom stereocenters. The highest BCUT2D eigenvalue weighted by Crippen LogP contribution is 2.31. The number of sulfonamides is 1. The van der Waals surface area contributed by atoms with Crippen molar-refractivity contribution >= 4 is 38.9 Å². The van der Waals surface area contributed by atoms with Gasteiger partial charge >= 0.3 is 0 Å². The molecular weight excluding hydrogens is 440 g/mol. The molecule has 3 aromatic carbocycles. The number of carbonyl (C=O) groups excluding carboxylic acids is 1. The van der Waals surface area contributed by atoms with Crippen LogP contribution in [0.4, 0.5) is 11.4 Å². The Morgan fingerprint density at radius 3 is 2.35 bits per heavy atom. The maximum absolute atomic E-state index is 13.0. The van der Waals surface area contributed by atoms with Gasteiger partial charge in [0.15, 0.2) is 0 Å². The predicted molar refractivity (Wildman–Crippen MR) is 120 cm³/mol. The minimum absolute atomic E-state index is 0.126. The highest BCUT2D eigenvalue weighted by atomic mass is 35.5. The Morgan fingerprint density at radius 1 is 1.00 bits per heavy atom. The zero-order valence-corrected chi connectivity index (χ0v) is 18.5. The molecule has 1 amide bonds. The SMILES string of the molecule is COCc1ccc(C(=O)Nc2ccc(OC)c(S(=O)(=O)Nc3ccccc3Cl)c2)cc1. The summed E-state index contributed by atoms with van der Waals surface area (Å²) in [5, 5.41) is 2.96. The van der Waals surface area contributed by atoms with Crippen LogP contribution in [0.25, 0.3) is 0 Å². The van der Waals surface area contributed by atoms with E-state index in [9.17, 15) is 13.2 Å². The van der Waals surface area contributed by atoms with Crippen LogP contribution in [0.3, 0.4) is 0 Å². The van der Waals surface area contributed by atoms with E-state index in [-0.39, 0.29) is 27.3 Å². The number of hydrogen-bond acceptors (Lipinski definition) is 5. The first-order chi connectivity index (χ1) is 14.8. The monoisotopic (exact) mass is 460 g/mol. The molecule has 0 fully saturated rings. The van der Waals surface area contributed by atoms with Crippen molar-refractivity contribution in [3.63, 3.8) is 0 Å². The molecule has 0 aliphatic rings. The van der Waals surface area contributed by atoms with Crippen LogP contribution in [0.5, 0.6) is 5.75 Å². The second-order valence-corrected chi connectivity index (χ2v) is 8.59. The van der Waals surface area contributed by atoms with E-state index < -0.39 is 10.0 Å². The maximum atomic E-state index is 13.0. The molecule has 31 heavy (non-hydrogen) atoms.